The molecule has 0 bridgehead atoms. The maximum absolute atomic E-state index is 13.1. The van der Waals surface area contributed by atoms with Crippen LogP contribution in [0.25, 0.3) is 0 Å². The van der Waals surface area contributed by atoms with E-state index in [1.165, 1.54) is 4.90 Å². The highest BCUT2D eigenvalue weighted by molar-refractivity contribution is 7.91. The summed E-state index contributed by atoms with van der Waals surface area (Å²) in [4.78, 5) is 27.5. The minimum Gasteiger partial charge on any atom is -0.452 e. The Morgan fingerprint density at radius 3 is 2.12 bits per heavy atom. The Balaban J connectivity index is 1.46. The Hall–Kier alpha value is -3.45. The lowest BCUT2D eigenvalue weighted by Crippen LogP contribution is -2.42. The van der Waals surface area contributed by atoms with Crippen molar-refractivity contribution >= 4 is 21.7 Å². The van der Waals surface area contributed by atoms with Gasteiger partial charge in [0.15, 0.2) is 16.4 Å². The number of carbonyl (C=O) groups excluding carboxylic acids is 2. The molecule has 1 unspecified atom stereocenters. The highest BCUT2D eigenvalue weighted by Crippen LogP contribution is 2.21. The zero-order valence-electron chi connectivity index (χ0n) is 18.8. The fourth-order valence-electron chi connectivity index (χ4n) is 4.20. The summed E-state index contributed by atoms with van der Waals surface area (Å²) in [5, 5.41) is 0. The van der Waals surface area contributed by atoms with Gasteiger partial charge in [0.1, 0.15) is 0 Å². The minimum absolute atomic E-state index is 0.0584. The molecule has 1 atom stereocenters. The van der Waals surface area contributed by atoms with Gasteiger partial charge in [-0.05, 0) is 35.6 Å². The van der Waals surface area contributed by atoms with Gasteiger partial charge in [-0.25, -0.2) is 13.2 Å². The SMILES string of the molecule is O=C(OCC(=O)N(Cc1ccccc1)C1CCS(=O)(=O)C1)c1ccccc1Cc1ccccc1. The number of ether oxygens (including phenoxy) is 1. The summed E-state index contributed by atoms with van der Waals surface area (Å²) in [5.41, 5.74) is 3.18. The fraction of sp³-hybridized carbons (Fsp3) is 0.259. The maximum atomic E-state index is 13.1. The van der Waals surface area contributed by atoms with Crippen LogP contribution in [0, 0.1) is 0 Å². The van der Waals surface area contributed by atoms with E-state index >= 15 is 0 Å². The van der Waals surface area contributed by atoms with Gasteiger partial charge < -0.3 is 9.64 Å². The third-order valence-electron chi connectivity index (χ3n) is 5.97. The number of carbonyl (C=O) groups is 2. The second-order valence-electron chi connectivity index (χ2n) is 8.46. The van der Waals surface area contributed by atoms with Crippen molar-refractivity contribution in [1.29, 1.82) is 0 Å². The lowest BCUT2D eigenvalue weighted by Gasteiger charge is -2.28. The Bertz CT molecular complexity index is 1240. The molecule has 0 aliphatic carbocycles. The molecule has 3 aromatic carbocycles. The maximum Gasteiger partial charge on any atom is 0.338 e. The highest BCUT2D eigenvalue weighted by Gasteiger charge is 2.35. The van der Waals surface area contributed by atoms with E-state index in [1.54, 1.807) is 12.1 Å². The van der Waals surface area contributed by atoms with Crippen LogP contribution in [0.4, 0.5) is 0 Å². The molecule has 1 aliphatic rings. The van der Waals surface area contributed by atoms with E-state index in [1.807, 2.05) is 72.8 Å². The molecule has 0 aromatic heterocycles. The van der Waals surface area contributed by atoms with Gasteiger partial charge >= 0.3 is 5.97 Å². The summed E-state index contributed by atoms with van der Waals surface area (Å²) in [5.74, 6) is -0.985. The monoisotopic (exact) mass is 477 g/mol. The first-order valence-electron chi connectivity index (χ1n) is 11.2. The predicted octanol–water partition coefficient (Wildman–Crippen LogP) is 3.65. The summed E-state index contributed by atoms with van der Waals surface area (Å²) < 4.78 is 29.5. The fourth-order valence-corrected chi connectivity index (χ4v) is 5.93. The molecule has 0 spiro atoms. The first-order valence-corrected chi connectivity index (χ1v) is 13.1. The summed E-state index contributed by atoms with van der Waals surface area (Å²) in [6.07, 6.45) is 0.953. The van der Waals surface area contributed by atoms with E-state index in [4.69, 9.17) is 4.74 Å². The van der Waals surface area contributed by atoms with Crippen LogP contribution >= 0.6 is 0 Å². The number of amides is 1. The molecule has 34 heavy (non-hydrogen) atoms. The van der Waals surface area contributed by atoms with Gasteiger partial charge in [-0.15, -0.1) is 0 Å². The van der Waals surface area contributed by atoms with Gasteiger partial charge in [-0.3, -0.25) is 4.79 Å². The van der Waals surface area contributed by atoms with Crippen LogP contribution in [0.2, 0.25) is 0 Å². The van der Waals surface area contributed by atoms with Crippen LogP contribution in [-0.2, 0) is 32.3 Å². The third-order valence-corrected chi connectivity index (χ3v) is 7.72. The summed E-state index contributed by atoms with van der Waals surface area (Å²) in [7, 11) is -3.18. The molecule has 6 nitrogen and oxygen atoms in total. The van der Waals surface area contributed by atoms with Gasteiger partial charge in [0.05, 0.1) is 17.1 Å². The second kappa shape index (κ2) is 10.7. The molecule has 1 fully saturated rings. The number of hydrogen-bond acceptors (Lipinski definition) is 5. The quantitative estimate of drug-likeness (QED) is 0.463. The Labute approximate surface area is 200 Å². The predicted molar refractivity (Wildman–Crippen MR) is 130 cm³/mol. The molecule has 0 saturated carbocycles. The van der Waals surface area contributed by atoms with Gasteiger partial charge in [-0.1, -0.05) is 78.9 Å². The molecule has 0 N–H and O–H groups in total. The van der Waals surface area contributed by atoms with E-state index in [0.717, 1.165) is 16.7 Å². The van der Waals surface area contributed by atoms with Crippen molar-refractivity contribution in [2.24, 2.45) is 0 Å². The normalized spacial score (nSPS) is 16.6. The van der Waals surface area contributed by atoms with Crippen molar-refractivity contribution in [2.75, 3.05) is 18.1 Å². The average molecular weight is 478 g/mol. The second-order valence-corrected chi connectivity index (χ2v) is 10.7. The lowest BCUT2D eigenvalue weighted by molar-refractivity contribution is -0.137. The summed E-state index contributed by atoms with van der Waals surface area (Å²) >= 11 is 0. The van der Waals surface area contributed by atoms with Gasteiger partial charge in [0, 0.05) is 12.6 Å². The van der Waals surface area contributed by atoms with Crippen LogP contribution in [0.5, 0.6) is 0 Å². The first-order chi connectivity index (χ1) is 16.4. The van der Waals surface area contributed by atoms with Crippen molar-refractivity contribution < 1.29 is 22.7 Å². The van der Waals surface area contributed by atoms with Crippen LogP contribution < -0.4 is 0 Å². The zero-order chi connectivity index (χ0) is 24.0. The number of sulfone groups is 1. The lowest BCUT2D eigenvalue weighted by atomic mass is 10.00. The van der Waals surface area contributed by atoms with E-state index in [2.05, 4.69) is 0 Å². The largest absolute Gasteiger partial charge is 0.452 e. The number of benzene rings is 3. The molecular weight excluding hydrogens is 450 g/mol. The average Bonchev–Trinajstić information content (AvgIpc) is 3.21. The molecule has 176 valence electrons. The van der Waals surface area contributed by atoms with Gasteiger partial charge in [0.25, 0.3) is 5.91 Å². The van der Waals surface area contributed by atoms with E-state index < -0.39 is 34.4 Å². The smallest absolute Gasteiger partial charge is 0.338 e. The number of nitrogens with zero attached hydrogens (tertiary/aromatic N) is 1. The molecule has 1 amide bonds. The van der Waals surface area contributed by atoms with Gasteiger partial charge in [-0.2, -0.15) is 0 Å². The van der Waals surface area contributed by atoms with E-state index in [0.29, 0.717) is 18.4 Å². The molecule has 1 heterocycles. The van der Waals surface area contributed by atoms with Gasteiger partial charge in [0.2, 0.25) is 0 Å². The van der Waals surface area contributed by atoms with Crippen molar-refractivity contribution in [3.8, 4) is 0 Å². The molecule has 4 rings (SSSR count). The number of hydrogen-bond donors (Lipinski definition) is 0. The van der Waals surface area contributed by atoms with Crippen LogP contribution in [0.3, 0.4) is 0 Å². The molecule has 0 radical (unpaired) electrons. The number of rotatable bonds is 8. The number of esters is 1. The highest BCUT2D eigenvalue weighted by atomic mass is 32.2. The van der Waals surface area contributed by atoms with E-state index in [-0.39, 0.29) is 18.1 Å². The Morgan fingerprint density at radius 1 is 0.853 bits per heavy atom. The molecular formula is C27H27NO5S. The Kier molecular flexibility index (Phi) is 7.43. The van der Waals surface area contributed by atoms with Crippen molar-refractivity contribution in [3.63, 3.8) is 0 Å². The van der Waals surface area contributed by atoms with Crippen LogP contribution in [-0.4, -0.2) is 49.3 Å². The van der Waals surface area contributed by atoms with E-state index in [9.17, 15) is 18.0 Å². The van der Waals surface area contributed by atoms with Crippen molar-refractivity contribution in [2.45, 2.75) is 25.4 Å². The first kappa shape index (κ1) is 23.7. The third kappa shape index (κ3) is 6.11. The zero-order valence-corrected chi connectivity index (χ0v) is 19.6. The topological polar surface area (TPSA) is 80.8 Å². The summed E-state index contributed by atoms with van der Waals surface area (Å²) in [6, 6.07) is 25.9. The van der Waals surface area contributed by atoms with Crippen molar-refractivity contribution in [3.05, 3.63) is 107 Å². The minimum atomic E-state index is -3.18. The molecule has 7 heteroatoms. The molecule has 3 aromatic rings. The van der Waals surface area contributed by atoms with Crippen LogP contribution in [0.1, 0.15) is 33.5 Å². The molecule has 1 saturated heterocycles. The van der Waals surface area contributed by atoms with Crippen molar-refractivity contribution in [1.82, 2.24) is 4.90 Å². The summed E-state index contributed by atoms with van der Waals surface area (Å²) in [6.45, 7) is -0.177. The molecule has 1 aliphatic heterocycles. The Morgan fingerprint density at radius 2 is 1.47 bits per heavy atom. The van der Waals surface area contributed by atoms with Crippen LogP contribution in [0.15, 0.2) is 84.9 Å². The standard InChI is InChI=1S/C27H27NO5S/c29-26(28(18-22-11-5-2-6-12-22)24-15-16-34(31,32)20-24)19-33-27(30)25-14-8-7-13-23(25)17-21-9-3-1-4-10-21/h1-14,24H,15-20H2.